The van der Waals surface area contributed by atoms with E-state index in [0.29, 0.717) is 18.7 Å². The van der Waals surface area contributed by atoms with E-state index in [-0.39, 0.29) is 11.0 Å². The second-order valence-corrected chi connectivity index (χ2v) is 7.79. The molecule has 9 heteroatoms. The number of aromatic nitrogens is 2. The van der Waals surface area contributed by atoms with Gasteiger partial charge in [0.1, 0.15) is 6.54 Å². The first kappa shape index (κ1) is 20.9. The number of benzene rings is 2. The van der Waals surface area contributed by atoms with Gasteiger partial charge in [0.2, 0.25) is 5.91 Å². The lowest BCUT2D eigenvalue weighted by atomic mass is 10.1. The predicted molar refractivity (Wildman–Crippen MR) is 110 cm³/mol. The van der Waals surface area contributed by atoms with E-state index in [9.17, 15) is 27.6 Å². The number of fused-ring (bicyclic) bond motifs is 2. The Labute approximate surface area is 175 Å². The van der Waals surface area contributed by atoms with Gasteiger partial charge in [-0.1, -0.05) is 18.2 Å². The van der Waals surface area contributed by atoms with Gasteiger partial charge in [-0.05, 0) is 50.1 Å². The van der Waals surface area contributed by atoms with E-state index in [1.165, 1.54) is 11.0 Å². The normalized spacial score (nSPS) is 13.8. The number of para-hydroxylation sites is 1. The Bertz CT molecular complexity index is 1310. The van der Waals surface area contributed by atoms with Crippen molar-refractivity contribution in [3.05, 3.63) is 74.3 Å². The zero-order valence-electron chi connectivity index (χ0n) is 16.9. The van der Waals surface area contributed by atoms with Crippen LogP contribution >= 0.6 is 0 Å². The number of anilines is 1. The first-order valence-corrected chi connectivity index (χ1v) is 9.84. The van der Waals surface area contributed by atoms with E-state index >= 15 is 0 Å². The van der Waals surface area contributed by atoms with Crippen LogP contribution in [0, 0.1) is 0 Å². The van der Waals surface area contributed by atoms with Crippen LogP contribution in [0.15, 0.2) is 52.1 Å². The van der Waals surface area contributed by atoms with Crippen molar-refractivity contribution in [1.29, 1.82) is 0 Å². The summed E-state index contributed by atoms with van der Waals surface area (Å²) in [6, 6.07) is 9.72. The Morgan fingerprint density at radius 1 is 1.03 bits per heavy atom. The predicted octanol–water partition coefficient (Wildman–Crippen LogP) is 3.35. The summed E-state index contributed by atoms with van der Waals surface area (Å²) >= 11 is 0. The molecule has 0 spiro atoms. The standard InChI is InChI=1S/C22H20F3N3O3/c1-13(2)28-17-8-7-15(22(23,24)25)11-18(17)27(20(30)21(28)31)12-19(29)26-10-9-14-5-3-4-6-16(14)26/h3-8,11,13H,9-10,12H2,1-2H3. The molecular formula is C22H20F3N3O3. The third-order valence-electron chi connectivity index (χ3n) is 5.50. The third kappa shape index (κ3) is 3.54. The molecular weight excluding hydrogens is 411 g/mol. The van der Waals surface area contributed by atoms with Crippen LogP contribution in [-0.4, -0.2) is 21.6 Å². The van der Waals surface area contributed by atoms with E-state index < -0.39 is 41.4 Å². The monoisotopic (exact) mass is 431 g/mol. The maximum atomic E-state index is 13.3. The fourth-order valence-corrected chi connectivity index (χ4v) is 4.04. The Kier molecular flexibility index (Phi) is 4.99. The number of amides is 1. The number of alkyl halides is 3. The summed E-state index contributed by atoms with van der Waals surface area (Å²) in [6.45, 7) is 3.20. The van der Waals surface area contributed by atoms with Crippen molar-refractivity contribution in [2.75, 3.05) is 11.4 Å². The van der Waals surface area contributed by atoms with Crippen LogP contribution in [0.5, 0.6) is 0 Å². The highest BCUT2D eigenvalue weighted by atomic mass is 19.4. The lowest BCUT2D eigenvalue weighted by Crippen LogP contribution is -2.45. The Morgan fingerprint density at radius 3 is 2.42 bits per heavy atom. The van der Waals surface area contributed by atoms with E-state index in [0.717, 1.165) is 26.8 Å². The number of halogens is 3. The molecule has 6 nitrogen and oxygen atoms in total. The summed E-state index contributed by atoms with van der Waals surface area (Å²) in [5, 5.41) is 0. The first-order chi connectivity index (χ1) is 14.6. The van der Waals surface area contributed by atoms with Gasteiger partial charge in [0, 0.05) is 18.3 Å². The largest absolute Gasteiger partial charge is 0.416 e. The zero-order chi connectivity index (χ0) is 22.5. The molecule has 0 bridgehead atoms. The number of hydrogen-bond acceptors (Lipinski definition) is 3. The number of hydrogen-bond donors (Lipinski definition) is 0. The molecule has 0 atom stereocenters. The summed E-state index contributed by atoms with van der Waals surface area (Å²) < 4.78 is 42.0. The van der Waals surface area contributed by atoms with Crippen LogP contribution in [0.3, 0.4) is 0 Å². The van der Waals surface area contributed by atoms with Gasteiger partial charge >= 0.3 is 17.3 Å². The number of carbonyl (C=O) groups is 1. The minimum atomic E-state index is -4.63. The molecule has 0 aliphatic carbocycles. The smallest absolute Gasteiger partial charge is 0.310 e. The fourth-order valence-electron chi connectivity index (χ4n) is 4.04. The molecule has 162 valence electrons. The van der Waals surface area contributed by atoms with Crippen LogP contribution in [0.2, 0.25) is 0 Å². The zero-order valence-corrected chi connectivity index (χ0v) is 16.9. The lowest BCUT2D eigenvalue weighted by Gasteiger charge is -2.21. The average Bonchev–Trinajstić information content (AvgIpc) is 3.14. The first-order valence-electron chi connectivity index (χ1n) is 9.84. The van der Waals surface area contributed by atoms with Crippen molar-refractivity contribution in [3.8, 4) is 0 Å². The summed E-state index contributed by atoms with van der Waals surface area (Å²) in [4.78, 5) is 40.1. The molecule has 0 saturated carbocycles. The molecule has 3 aromatic rings. The molecule has 31 heavy (non-hydrogen) atoms. The molecule has 0 radical (unpaired) electrons. The highest BCUT2D eigenvalue weighted by molar-refractivity contribution is 5.96. The molecule has 2 aromatic carbocycles. The topological polar surface area (TPSA) is 64.3 Å². The number of carbonyl (C=O) groups excluding carboxylic acids is 1. The lowest BCUT2D eigenvalue weighted by molar-refractivity contribution is -0.137. The van der Waals surface area contributed by atoms with E-state index in [1.807, 2.05) is 12.1 Å². The molecule has 1 aromatic heterocycles. The fraction of sp³-hybridized carbons (Fsp3) is 0.318. The molecule has 4 rings (SSSR count). The SMILES string of the molecule is CC(C)n1c(=O)c(=O)n(CC(=O)N2CCc3ccccc32)c2cc(C(F)(F)F)ccc21. The summed E-state index contributed by atoms with van der Waals surface area (Å²) in [5.41, 5.74) is -1.12. The van der Waals surface area contributed by atoms with Crippen LogP contribution in [0.25, 0.3) is 11.0 Å². The van der Waals surface area contributed by atoms with Crippen molar-refractivity contribution >= 4 is 22.6 Å². The Hall–Kier alpha value is -3.36. The molecule has 1 aliphatic rings. The van der Waals surface area contributed by atoms with E-state index in [1.54, 1.807) is 26.0 Å². The van der Waals surface area contributed by atoms with Crippen molar-refractivity contribution in [1.82, 2.24) is 9.13 Å². The number of nitrogens with zero attached hydrogens (tertiary/aromatic N) is 3. The third-order valence-corrected chi connectivity index (χ3v) is 5.50. The molecule has 1 amide bonds. The van der Waals surface area contributed by atoms with Gasteiger partial charge < -0.3 is 4.90 Å². The van der Waals surface area contributed by atoms with Gasteiger partial charge in [-0.15, -0.1) is 0 Å². The summed E-state index contributed by atoms with van der Waals surface area (Å²) in [6.07, 6.45) is -3.99. The molecule has 0 unspecified atom stereocenters. The van der Waals surface area contributed by atoms with Crippen LogP contribution in [0.4, 0.5) is 18.9 Å². The van der Waals surface area contributed by atoms with Crippen molar-refractivity contribution in [3.63, 3.8) is 0 Å². The molecule has 0 fully saturated rings. The van der Waals surface area contributed by atoms with Gasteiger partial charge in [0.25, 0.3) is 0 Å². The van der Waals surface area contributed by atoms with Gasteiger partial charge in [-0.2, -0.15) is 13.2 Å². The van der Waals surface area contributed by atoms with Gasteiger partial charge in [0.15, 0.2) is 0 Å². The van der Waals surface area contributed by atoms with E-state index in [4.69, 9.17) is 0 Å². The Balaban J connectivity index is 1.88. The summed E-state index contributed by atoms with van der Waals surface area (Å²) in [5.74, 6) is -0.465. The highest BCUT2D eigenvalue weighted by Crippen LogP contribution is 2.32. The quantitative estimate of drug-likeness (QED) is 0.598. The van der Waals surface area contributed by atoms with Crippen LogP contribution < -0.4 is 16.0 Å². The Morgan fingerprint density at radius 2 is 1.74 bits per heavy atom. The highest BCUT2D eigenvalue weighted by Gasteiger charge is 2.32. The van der Waals surface area contributed by atoms with Gasteiger partial charge in [-0.25, -0.2) is 0 Å². The van der Waals surface area contributed by atoms with Crippen molar-refractivity contribution in [2.45, 2.75) is 39.0 Å². The summed E-state index contributed by atoms with van der Waals surface area (Å²) in [7, 11) is 0. The molecule has 0 saturated heterocycles. The number of rotatable bonds is 3. The van der Waals surface area contributed by atoms with Crippen LogP contribution in [-0.2, 0) is 23.9 Å². The van der Waals surface area contributed by atoms with Crippen LogP contribution in [0.1, 0.15) is 31.0 Å². The molecule has 2 heterocycles. The van der Waals surface area contributed by atoms with E-state index in [2.05, 4.69) is 0 Å². The minimum Gasteiger partial charge on any atom is -0.310 e. The van der Waals surface area contributed by atoms with Crippen molar-refractivity contribution in [2.24, 2.45) is 0 Å². The maximum Gasteiger partial charge on any atom is 0.416 e. The maximum absolute atomic E-state index is 13.3. The molecule has 0 N–H and O–H groups in total. The second kappa shape index (κ2) is 7.40. The second-order valence-electron chi connectivity index (χ2n) is 7.79. The van der Waals surface area contributed by atoms with Gasteiger partial charge in [-0.3, -0.25) is 23.5 Å². The average molecular weight is 431 g/mol. The minimum absolute atomic E-state index is 0.103. The van der Waals surface area contributed by atoms with Crippen molar-refractivity contribution < 1.29 is 18.0 Å². The molecule has 1 aliphatic heterocycles. The van der Waals surface area contributed by atoms with Gasteiger partial charge in [0.05, 0.1) is 16.6 Å².